The van der Waals surface area contributed by atoms with Crippen LogP contribution < -0.4 is 4.72 Å². The first-order valence-electron chi connectivity index (χ1n) is 6.75. The maximum absolute atomic E-state index is 13.9. The predicted octanol–water partition coefficient (Wildman–Crippen LogP) is 1.88. The SMILES string of the molecule is CC(C)CCNS(=O)(=O)c1ccc(C#CCCO)cc1F. The Morgan fingerprint density at radius 3 is 2.67 bits per heavy atom. The molecule has 0 unspecified atom stereocenters. The van der Waals surface area contributed by atoms with Crippen LogP contribution in [0.4, 0.5) is 4.39 Å². The van der Waals surface area contributed by atoms with Gasteiger partial charge in [-0.25, -0.2) is 17.5 Å². The van der Waals surface area contributed by atoms with Crippen molar-refractivity contribution in [2.24, 2.45) is 5.92 Å². The highest BCUT2D eigenvalue weighted by Gasteiger charge is 2.18. The van der Waals surface area contributed by atoms with Gasteiger partial charge < -0.3 is 5.11 Å². The van der Waals surface area contributed by atoms with E-state index in [2.05, 4.69) is 16.6 Å². The molecule has 0 aromatic heterocycles. The normalized spacial score (nSPS) is 11.3. The molecule has 0 aliphatic carbocycles. The van der Waals surface area contributed by atoms with Crippen molar-refractivity contribution in [1.29, 1.82) is 0 Å². The molecule has 1 aromatic carbocycles. The summed E-state index contributed by atoms with van der Waals surface area (Å²) in [6.45, 7) is 4.17. The van der Waals surface area contributed by atoms with Gasteiger partial charge in [-0.3, -0.25) is 0 Å². The maximum Gasteiger partial charge on any atom is 0.243 e. The summed E-state index contributed by atoms with van der Waals surface area (Å²) in [5.41, 5.74) is 0.377. The van der Waals surface area contributed by atoms with Crippen molar-refractivity contribution < 1.29 is 17.9 Å². The number of aliphatic hydroxyl groups is 1. The summed E-state index contributed by atoms with van der Waals surface area (Å²) in [4.78, 5) is -0.376. The molecule has 0 saturated carbocycles. The fourth-order valence-corrected chi connectivity index (χ4v) is 2.68. The molecule has 0 fully saturated rings. The molecule has 4 nitrogen and oxygen atoms in total. The Labute approximate surface area is 125 Å². The van der Waals surface area contributed by atoms with E-state index in [1.54, 1.807) is 0 Å². The Bertz CT molecular complexity index is 630. The van der Waals surface area contributed by atoms with Gasteiger partial charge in [-0.2, -0.15) is 0 Å². The molecule has 0 saturated heterocycles. The highest BCUT2D eigenvalue weighted by atomic mass is 32.2. The van der Waals surface area contributed by atoms with Crippen molar-refractivity contribution in [3.8, 4) is 11.8 Å². The van der Waals surface area contributed by atoms with Gasteiger partial charge in [-0.1, -0.05) is 25.7 Å². The van der Waals surface area contributed by atoms with Gasteiger partial charge in [-0.05, 0) is 30.5 Å². The topological polar surface area (TPSA) is 66.4 Å². The maximum atomic E-state index is 13.9. The van der Waals surface area contributed by atoms with E-state index in [0.29, 0.717) is 24.3 Å². The summed E-state index contributed by atoms with van der Waals surface area (Å²) < 4.78 is 40.3. The zero-order valence-electron chi connectivity index (χ0n) is 12.2. The minimum Gasteiger partial charge on any atom is -0.395 e. The molecule has 0 spiro atoms. The number of benzene rings is 1. The van der Waals surface area contributed by atoms with Gasteiger partial charge in [0.2, 0.25) is 10.0 Å². The molecule has 0 radical (unpaired) electrons. The molecule has 21 heavy (non-hydrogen) atoms. The monoisotopic (exact) mass is 313 g/mol. The molecule has 116 valence electrons. The summed E-state index contributed by atoms with van der Waals surface area (Å²) in [6, 6.07) is 3.74. The molecule has 2 N–H and O–H groups in total. The lowest BCUT2D eigenvalue weighted by Crippen LogP contribution is -2.26. The standard InChI is InChI=1S/C15H20FNO3S/c1-12(2)8-9-17-21(19,20)15-7-6-13(11-14(15)16)5-3-4-10-18/h6-7,11-12,17-18H,4,8-10H2,1-2H3. The molecular weight excluding hydrogens is 293 g/mol. The second-order valence-electron chi connectivity index (χ2n) is 5.00. The second kappa shape index (κ2) is 8.13. The minimum atomic E-state index is -3.84. The van der Waals surface area contributed by atoms with E-state index < -0.39 is 15.8 Å². The van der Waals surface area contributed by atoms with Crippen LogP contribution in [0.25, 0.3) is 0 Å². The van der Waals surface area contributed by atoms with Crippen LogP contribution in [0.1, 0.15) is 32.3 Å². The molecule has 0 atom stereocenters. The quantitative estimate of drug-likeness (QED) is 0.788. The zero-order chi connectivity index (χ0) is 15.9. The van der Waals surface area contributed by atoms with E-state index in [-0.39, 0.29) is 18.0 Å². The number of nitrogens with one attached hydrogen (secondary N) is 1. The van der Waals surface area contributed by atoms with Crippen LogP contribution in [0, 0.1) is 23.6 Å². The summed E-state index contributed by atoms with van der Waals surface area (Å²) in [5.74, 6) is 4.84. The number of aliphatic hydroxyl groups excluding tert-OH is 1. The molecule has 1 aromatic rings. The van der Waals surface area contributed by atoms with Gasteiger partial charge in [0.25, 0.3) is 0 Å². The van der Waals surface area contributed by atoms with E-state index in [0.717, 1.165) is 6.07 Å². The van der Waals surface area contributed by atoms with E-state index in [4.69, 9.17) is 5.11 Å². The van der Waals surface area contributed by atoms with Crippen LogP contribution in [0.15, 0.2) is 23.1 Å². The zero-order valence-corrected chi connectivity index (χ0v) is 13.0. The Hall–Kier alpha value is -1.42. The highest BCUT2D eigenvalue weighted by Crippen LogP contribution is 2.16. The molecule has 1 rings (SSSR count). The molecule has 0 aliphatic rings. The van der Waals surface area contributed by atoms with Gasteiger partial charge in [-0.15, -0.1) is 0 Å². The number of rotatable bonds is 6. The van der Waals surface area contributed by atoms with Crippen molar-refractivity contribution >= 4 is 10.0 Å². The van der Waals surface area contributed by atoms with Crippen molar-refractivity contribution in [2.45, 2.75) is 31.6 Å². The summed E-state index contributed by atoms with van der Waals surface area (Å²) in [6.07, 6.45) is 0.976. The van der Waals surface area contributed by atoms with Crippen molar-refractivity contribution in [3.05, 3.63) is 29.6 Å². The lowest BCUT2D eigenvalue weighted by Gasteiger charge is -2.09. The third kappa shape index (κ3) is 5.84. The second-order valence-corrected chi connectivity index (χ2v) is 6.74. The van der Waals surface area contributed by atoms with Crippen LogP contribution in [0.2, 0.25) is 0 Å². The first kappa shape index (κ1) is 17.6. The molecule has 6 heteroatoms. The third-order valence-electron chi connectivity index (χ3n) is 2.70. The number of hydrogen-bond donors (Lipinski definition) is 2. The lowest BCUT2D eigenvalue weighted by atomic mass is 10.1. The Morgan fingerprint density at radius 1 is 1.38 bits per heavy atom. The Balaban J connectivity index is 2.86. The number of hydrogen-bond acceptors (Lipinski definition) is 3. The van der Waals surface area contributed by atoms with Crippen molar-refractivity contribution in [1.82, 2.24) is 4.72 Å². The van der Waals surface area contributed by atoms with Crippen LogP contribution in [-0.4, -0.2) is 26.7 Å². The van der Waals surface area contributed by atoms with Crippen molar-refractivity contribution in [3.63, 3.8) is 0 Å². The third-order valence-corrected chi connectivity index (χ3v) is 4.20. The van der Waals surface area contributed by atoms with Crippen LogP contribution in [0.3, 0.4) is 0 Å². The summed E-state index contributed by atoms with van der Waals surface area (Å²) in [5, 5.41) is 8.61. The first-order chi connectivity index (χ1) is 9.86. The van der Waals surface area contributed by atoms with E-state index in [1.165, 1.54) is 12.1 Å². The molecular formula is C15H20FNO3S. The fourth-order valence-electron chi connectivity index (χ4n) is 1.58. The average molecular weight is 313 g/mol. The van der Waals surface area contributed by atoms with Gasteiger partial charge in [0.15, 0.2) is 0 Å². The Morgan fingerprint density at radius 2 is 2.10 bits per heavy atom. The molecule has 0 aliphatic heterocycles. The number of sulfonamides is 1. The number of halogens is 1. The van der Waals surface area contributed by atoms with Crippen LogP contribution in [-0.2, 0) is 10.0 Å². The molecule has 0 amide bonds. The molecule has 0 bridgehead atoms. The fraction of sp³-hybridized carbons (Fsp3) is 0.467. The van der Waals surface area contributed by atoms with Gasteiger partial charge >= 0.3 is 0 Å². The lowest BCUT2D eigenvalue weighted by molar-refractivity contribution is 0.305. The smallest absolute Gasteiger partial charge is 0.243 e. The highest BCUT2D eigenvalue weighted by molar-refractivity contribution is 7.89. The van der Waals surface area contributed by atoms with Crippen molar-refractivity contribution in [2.75, 3.05) is 13.2 Å². The predicted molar refractivity (Wildman–Crippen MR) is 79.6 cm³/mol. The van der Waals surface area contributed by atoms with Gasteiger partial charge in [0, 0.05) is 18.5 Å². The largest absolute Gasteiger partial charge is 0.395 e. The van der Waals surface area contributed by atoms with E-state index in [1.807, 2.05) is 13.8 Å². The summed E-state index contributed by atoms with van der Waals surface area (Å²) >= 11 is 0. The summed E-state index contributed by atoms with van der Waals surface area (Å²) in [7, 11) is -3.84. The van der Waals surface area contributed by atoms with Gasteiger partial charge in [0.05, 0.1) is 6.61 Å². The Kier molecular flexibility index (Phi) is 6.82. The van der Waals surface area contributed by atoms with Crippen LogP contribution >= 0.6 is 0 Å². The average Bonchev–Trinajstić information content (AvgIpc) is 2.38. The van der Waals surface area contributed by atoms with Gasteiger partial charge in [0.1, 0.15) is 10.7 Å². The first-order valence-corrected chi connectivity index (χ1v) is 8.24. The molecule has 0 heterocycles. The minimum absolute atomic E-state index is 0.0677. The van der Waals surface area contributed by atoms with E-state index in [9.17, 15) is 12.8 Å². The van der Waals surface area contributed by atoms with E-state index >= 15 is 0 Å². The van der Waals surface area contributed by atoms with Crippen LogP contribution in [0.5, 0.6) is 0 Å².